The van der Waals surface area contributed by atoms with Crippen molar-refractivity contribution in [2.75, 3.05) is 0 Å². The Balaban J connectivity index is 1.82. The third kappa shape index (κ3) is 3.68. The molecule has 2 saturated carbocycles. The number of carbonyl (C=O) groups excluding carboxylic acids is 1. The summed E-state index contributed by atoms with van der Waals surface area (Å²) in [5.74, 6) is -0.235. The van der Waals surface area contributed by atoms with Crippen LogP contribution in [0.1, 0.15) is 65.9 Å². The zero-order valence-electron chi connectivity index (χ0n) is 12.8. The summed E-state index contributed by atoms with van der Waals surface area (Å²) in [4.78, 5) is 12.5. The fourth-order valence-corrected chi connectivity index (χ4v) is 3.26. The molecule has 126 valence electrons. The van der Waals surface area contributed by atoms with Crippen molar-refractivity contribution < 1.29 is 18.0 Å². The Hall–Kier alpha value is -1.56. The lowest BCUT2D eigenvalue weighted by Crippen LogP contribution is -2.49. The third-order valence-electron chi connectivity index (χ3n) is 4.78. The first kappa shape index (κ1) is 16.3. The van der Waals surface area contributed by atoms with Crippen LogP contribution in [-0.2, 0) is 6.18 Å². The molecule has 3 rings (SSSR count). The molecule has 6 heteroatoms. The molecule has 2 aliphatic carbocycles. The van der Waals surface area contributed by atoms with E-state index in [0.29, 0.717) is 11.1 Å². The number of hydrogen-bond donors (Lipinski definition) is 2. The van der Waals surface area contributed by atoms with Crippen LogP contribution in [0.5, 0.6) is 0 Å². The molecule has 3 nitrogen and oxygen atoms in total. The van der Waals surface area contributed by atoms with E-state index in [1.54, 1.807) is 0 Å². The molecule has 2 aliphatic rings. The van der Waals surface area contributed by atoms with Gasteiger partial charge in [-0.25, -0.2) is 0 Å². The second-order valence-electron chi connectivity index (χ2n) is 6.60. The summed E-state index contributed by atoms with van der Waals surface area (Å²) in [6.07, 6.45) is 1.06. The molecule has 1 amide bonds. The first-order valence-corrected chi connectivity index (χ1v) is 8.14. The fourth-order valence-electron chi connectivity index (χ4n) is 3.26. The predicted octanol–water partition coefficient (Wildman–Crippen LogP) is 3.58. The van der Waals surface area contributed by atoms with Gasteiger partial charge in [-0.1, -0.05) is 12.8 Å². The largest absolute Gasteiger partial charge is 0.416 e. The van der Waals surface area contributed by atoms with E-state index in [1.165, 1.54) is 6.07 Å². The second-order valence-corrected chi connectivity index (χ2v) is 6.60. The Bertz CT molecular complexity index is 596. The molecular formula is C17H21F3N2O. The summed E-state index contributed by atoms with van der Waals surface area (Å²) in [6.45, 7) is 0. The highest BCUT2D eigenvalue weighted by atomic mass is 19.4. The van der Waals surface area contributed by atoms with E-state index < -0.39 is 11.7 Å². The number of rotatable bonds is 3. The first-order chi connectivity index (χ1) is 10.9. The first-order valence-electron chi connectivity index (χ1n) is 8.14. The van der Waals surface area contributed by atoms with E-state index in [0.717, 1.165) is 50.7 Å². The Morgan fingerprint density at radius 2 is 1.83 bits per heavy atom. The molecule has 0 aromatic heterocycles. The van der Waals surface area contributed by atoms with Crippen LogP contribution in [0.25, 0.3) is 0 Å². The highest BCUT2D eigenvalue weighted by molar-refractivity contribution is 5.96. The Morgan fingerprint density at radius 1 is 1.13 bits per heavy atom. The second kappa shape index (κ2) is 6.15. The molecule has 2 fully saturated rings. The summed E-state index contributed by atoms with van der Waals surface area (Å²) in [6, 6.07) is 3.26. The van der Waals surface area contributed by atoms with Gasteiger partial charge in [0, 0.05) is 17.6 Å². The monoisotopic (exact) mass is 326 g/mol. The summed E-state index contributed by atoms with van der Waals surface area (Å²) < 4.78 is 38.7. The molecule has 0 bridgehead atoms. The minimum absolute atomic E-state index is 0.0677. The lowest BCUT2D eigenvalue weighted by Gasteiger charge is -2.29. The van der Waals surface area contributed by atoms with Gasteiger partial charge in [-0.3, -0.25) is 4.79 Å². The Kier molecular flexibility index (Phi) is 4.36. The van der Waals surface area contributed by atoms with Crippen molar-refractivity contribution in [1.82, 2.24) is 5.32 Å². The zero-order chi connectivity index (χ0) is 16.6. The maximum Gasteiger partial charge on any atom is 0.416 e. The van der Waals surface area contributed by atoms with Gasteiger partial charge in [0.05, 0.1) is 5.56 Å². The fraction of sp³-hybridized carbons (Fsp3) is 0.588. The molecule has 0 radical (unpaired) electrons. The van der Waals surface area contributed by atoms with Gasteiger partial charge in [0.1, 0.15) is 0 Å². The maximum absolute atomic E-state index is 12.9. The number of halogens is 3. The summed E-state index contributed by atoms with van der Waals surface area (Å²) in [5, 5.41) is 2.92. The van der Waals surface area contributed by atoms with Gasteiger partial charge in [0.2, 0.25) is 0 Å². The van der Waals surface area contributed by atoms with Crippen LogP contribution in [0.2, 0.25) is 0 Å². The molecule has 3 N–H and O–H groups in total. The van der Waals surface area contributed by atoms with E-state index in [2.05, 4.69) is 5.32 Å². The molecule has 2 unspecified atom stereocenters. The smallest absolute Gasteiger partial charge is 0.348 e. The average molecular weight is 326 g/mol. The number of alkyl halides is 3. The van der Waals surface area contributed by atoms with Crippen LogP contribution in [0.4, 0.5) is 13.2 Å². The highest BCUT2D eigenvalue weighted by Crippen LogP contribution is 2.43. The van der Waals surface area contributed by atoms with Crippen molar-refractivity contribution in [2.45, 2.75) is 62.7 Å². The lowest BCUT2D eigenvalue weighted by molar-refractivity contribution is -0.137. The van der Waals surface area contributed by atoms with Gasteiger partial charge >= 0.3 is 6.18 Å². The number of carbonyl (C=O) groups is 1. The summed E-state index contributed by atoms with van der Waals surface area (Å²) >= 11 is 0. The summed E-state index contributed by atoms with van der Waals surface area (Å²) in [5.41, 5.74) is 6.22. The quantitative estimate of drug-likeness (QED) is 0.892. The van der Waals surface area contributed by atoms with Crippen molar-refractivity contribution in [3.05, 3.63) is 34.9 Å². The molecule has 0 spiro atoms. The number of amides is 1. The molecule has 23 heavy (non-hydrogen) atoms. The Morgan fingerprint density at radius 3 is 2.43 bits per heavy atom. The van der Waals surface area contributed by atoms with Crippen LogP contribution in [0.3, 0.4) is 0 Å². The standard InChI is InChI=1S/C17H21F3N2O/c18-17(19,20)11-7-8-12(13(9-11)10-5-6-10)16(23)22-15-4-2-1-3-14(15)21/h7-10,14-15H,1-6,21H2,(H,22,23). The van der Waals surface area contributed by atoms with Gasteiger partial charge in [-0.2, -0.15) is 13.2 Å². The van der Waals surface area contributed by atoms with E-state index >= 15 is 0 Å². The number of benzene rings is 1. The van der Waals surface area contributed by atoms with Crippen molar-refractivity contribution in [1.29, 1.82) is 0 Å². The number of nitrogens with one attached hydrogen (secondary N) is 1. The average Bonchev–Trinajstić information content (AvgIpc) is 3.32. The molecule has 0 saturated heterocycles. The molecule has 0 aliphatic heterocycles. The number of hydrogen-bond acceptors (Lipinski definition) is 2. The highest BCUT2D eigenvalue weighted by Gasteiger charge is 2.35. The summed E-state index contributed by atoms with van der Waals surface area (Å²) in [7, 11) is 0. The normalized spacial score (nSPS) is 25.2. The van der Waals surface area contributed by atoms with Gasteiger partial charge < -0.3 is 11.1 Å². The predicted molar refractivity (Wildman–Crippen MR) is 81.1 cm³/mol. The molecule has 1 aromatic rings. The van der Waals surface area contributed by atoms with E-state index in [9.17, 15) is 18.0 Å². The maximum atomic E-state index is 12.9. The minimum atomic E-state index is -4.38. The van der Waals surface area contributed by atoms with Gasteiger partial charge in [0.15, 0.2) is 0 Å². The topological polar surface area (TPSA) is 55.1 Å². The van der Waals surface area contributed by atoms with Crippen molar-refractivity contribution in [2.24, 2.45) is 5.73 Å². The van der Waals surface area contributed by atoms with Crippen LogP contribution < -0.4 is 11.1 Å². The SMILES string of the molecule is NC1CCCCC1NC(=O)c1ccc(C(F)(F)F)cc1C1CC1. The molecule has 2 atom stereocenters. The minimum Gasteiger partial charge on any atom is -0.348 e. The van der Waals surface area contributed by atoms with Crippen LogP contribution in [0.15, 0.2) is 18.2 Å². The van der Waals surface area contributed by atoms with E-state index in [-0.39, 0.29) is 23.9 Å². The van der Waals surface area contributed by atoms with Gasteiger partial charge in [-0.15, -0.1) is 0 Å². The van der Waals surface area contributed by atoms with Crippen molar-refractivity contribution in [3.8, 4) is 0 Å². The van der Waals surface area contributed by atoms with Crippen molar-refractivity contribution >= 4 is 5.91 Å². The molecule has 1 aromatic carbocycles. The lowest BCUT2D eigenvalue weighted by atomic mass is 9.90. The third-order valence-corrected chi connectivity index (χ3v) is 4.78. The van der Waals surface area contributed by atoms with Crippen LogP contribution >= 0.6 is 0 Å². The van der Waals surface area contributed by atoms with Crippen molar-refractivity contribution in [3.63, 3.8) is 0 Å². The van der Waals surface area contributed by atoms with E-state index in [1.807, 2.05) is 0 Å². The molecular weight excluding hydrogens is 305 g/mol. The van der Waals surface area contributed by atoms with Gasteiger partial charge in [0.25, 0.3) is 5.91 Å². The van der Waals surface area contributed by atoms with Crippen LogP contribution in [0, 0.1) is 0 Å². The Labute approximate surface area is 133 Å². The van der Waals surface area contributed by atoms with E-state index in [4.69, 9.17) is 5.73 Å². The number of nitrogens with two attached hydrogens (primary N) is 1. The van der Waals surface area contributed by atoms with Crippen LogP contribution in [-0.4, -0.2) is 18.0 Å². The molecule has 0 heterocycles. The zero-order valence-corrected chi connectivity index (χ0v) is 12.8. The van der Waals surface area contributed by atoms with Gasteiger partial charge in [-0.05, 0) is 55.4 Å².